The zero-order valence-electron chi connectivity index (χ0n) is 21.1. The number of hydrogen-bond acceptors (Lipinski definition) is 17. The molecule has 7 heterocycles. The maximum Gasteiger partial charge on any atom is 0.325 e. The van der Waals surface area contributed by atoms with Crippen molar-refractivity contribution in [2.75, 3.05) is 24.7 Å². The van der Waals surface area contributed by atoms with Crippen LogP contribution in [0.4, 0.5) is 11.8 Å². The van der Waals surface area contributed by atoms with Crippen molar-refractivity contribution in [1.29, 1.82) is 0 Å². The summed E-state index contributed by atoms with van der Waals surface area (Å²) in [5.74, 6) is -0.566. The van der Waals surface area contributed by atoms with E-state index < -0.39 is 73.4 Å². The number of rotatable bonds is 7. The van der Waals surface area contributed by atoms with Crippen molar-refractivity contribution in [3.63, 3.8) is 0 Å². The van der Waals surface area contributed by atoms with Crippen molar-refractivity contribution in [2.45, 2.75) is 48.6 Å². The molecule has 10 atom stereocenters. The highest BCUT2D eigenvalue weighted by molar-refractivity contribution is 8.07. The van der Waals surface area contributed by atoms with Crippen LogP contribution in [0.3, 0.4) is 0 Å². The zero-order chi connectivity index (χ0) is 29.1. The Balaban J connectivity index is 1.02. The molecule has 4 aromatic rings. The van der Waals surface area contributed by atoms with Gasteiger partial charge in [-0.1, -0.05) is 5.21 Å². The lowest BCUT2D eigenvalue weighted by Gasteiger charge is -2.32. The molecule has 3 saturated heterocycles. The van der Waals surface area contributed by atoms with Gasteiger partial charge in [-0.25, -0.2) is 15.0 Å². The Morgan fingerprint density at radius 2 is 2.02 bits per heavy atom. The molecule has 0 spiro atoms. The molecule has 0 radical (unpaired) electrons. The number of hydrogen-bond donors (Lipinski definition) is 6. The highest BCUT2D eigenvalue weighted by atomic mass is 32.5. The molecule has 222 valence electrons. The Labute approximate surface area is 237 Å². The van der Waals surface area contributed by atoms with Gasteiger partial charge in [0.2, 0.25) is 5.95 Å². The van der Waals surface area contributed by atoms with Crippen LogP contribution < -0.4 is 17.0 Å². The number of imidazole rings is 1. The monoisotopic (exact) mass is 623 g/mol. The van der Waals surface area contributed by atoms with E-state index in [1.165, 1.54) is 17.3 Å². The standard InChI is InChI=1S/C20H22N11O9PS/c21-13-6-14(24-3-23-13)30(4-25-6)17-11-12(33)20(39-17,1-36-11)2-37-41(35,42)40-10-5-8(32)9(5)38-18(10)31-15-7(28-29-31)16(34)27-19(22)26-15/h3-5,8-12,17-18,32-33H,1-2H2,(H,35,42)(H2,21,23,24)(H3,22,26,27,34)/t5?,8?,9-,10+,11+,12-,17+,18+,20+,41?/m0/s1. The van der Waals surface area contributed by atoms with Crippen molar-refractivity contribution < 1.29 is 38.4 Å². The summed E-state index contributed by atoms with van der Waals surface area (Å²) in [4.78, 5) is 42.1. The van der Waals surface area contributed by atoms with Crippen molar-refractivity contribution >= 4 is 52.6 Å². The SMILES string of the molecule is Nc1nc2c(nnn2[C@@H]2O[C@@H]3C(O)C3[C@H]2OP(O)(=S)OC[C@@]23CO[C@@H]([C@H](n4cnc5c(N)ncnc54)O2)[C@@H]3O)c(=O)[nH]1. The summed E-state index contributed by atoms with van der Waals surface area (Å²) in [5.41, 5.74) is 10.2. The second-order valence-electron chi connectivity index (χ2n) is 10.4. The zero-order valence-corrected chi connectivity index (χ0v) is 22.8. The molecule has 1 aliphatic carbocycles. The molecule has 20 nitrogen and oxygen atoms in total. The van der Waals surface area contributed by atoms with Gasteiger partial charge in [0.25, 0.3) is 5.56 Å². The number of aliphatic hydroxyl groups is 2. The Morgan fingerprint density at radius 1 is 1.19 bits per heavy atom. The summed E-state index contributed by atoms with van der Waals surface area (Å²) in [7, 11) is 0. The van der Waals surface area contributed by atoms with Crippen LogP contribution in [0.5, 0.6) is 0 Å². The Hall–Kier alpha value is -3.24. The van der Waals surface area contributed by atoms with E-state index in [1.807, 2.05) is 0 Å². The topological polar surface area (TPSA) is 279 Å². The molecule has 2 bridgehead atoms. The minimum absolute atomic E-state index is 0.0124. The summed E-state index contributed by atoms with van der Waals surface area (Å²) in [5, 5.41) is 29.1. The first kappa shape index (κ1) is 26.4. The average Bonchev–Trinajstić information content (AvgIpc) is 3.52. The lowest BCUT2D eigenvalue weighted by Crippen LogP contribution is -2.45. The minimum atomic E-state index is -4.07. The Bertz CT molecular complexity index is 1850. The predicted octanol–water partition coefficient (Wildman–Crippen LogP) is -2.95. The van der Waals surface area contributed by atoms with E-state index in [1.54, 1.807) is 4.57 Å². The molecule has 1 saturated carbocycles. The number of H-pyrrole nitrogens is 1. The molecule has 8 N–H and O–H groups in total. The van der Waals surface area contributed by atoms with Crippen LogP contribution in [0.25, 0.3) is 22.3 Å². The van der Waals surface area contributed by atoms with Crippen LogP contribution >= 0.6 is 6.72 Å². The summed E-state index contributed by atoms with van der Waals surface area (Å²) >= 11 is 5.31. The highest BCUT2D eigenvalue weighted by Gasteiger charge is 2.67. The largest absolute Gasteiger partial charge is 0.390 e. The molecule has 42 heavy (non-hydrogen) atoms. The van der Waals surface area contributed by atoms with Gasteiger partial charge < -0.3 is 49.8 Å². The van der Waals surface area contributed by atoms with Gasteiger partial charge in [0, 0.05) is 5.92 Å². The number of aromatic amines is 1. The van der Waals surface area contributed by atoms with E-state index in [-0.39, 0.29) is 29.5 Å². The van der Waals surface area contributed by atoms with Gasteiger partial charge in [-0.3, -0.25) is 14.3 Å². The second kappa shape index (κ2) is 8.89. The van der Waals surface area contributed by atoms with Gasteiger partial charge in [-0.05, 0) is 11.8 Å². The van der Waals surface area contributed by atoms with Crippen LogP contribution in [0.15, 0.2) is 17.4 Å². The van der Waals surface area contributed by atoms with Crippen LogP contribution in [-0.2, 0) is 35.1 Å². The van der Waals surface area contributed by atoms with Gasteiger partial charge >= 0.3 is 6.72 Å². The first-order valence-electron chi connectivity index (χ1n) is 12.6. The van der Waals surface area contributed by atoms with Crippen LogP contribution in [-0.4, -0.2) is 109 Å². The molecule has 4 aromatic heterocycles. The number of aliphatic hydroxyl groups excluding tert-OH is 2. The molecular formula is C20H22N11O9PS. The van der Waals surface area contributed by atoms with Crippen LogP contribution in [0.1, 0.15) is 12.5 Å². The van der Waals surface area contributed by atoms with Crippen molar-refractivity contribution in [3.8, 4) is 0 Å². The smallest absolute Gasteiger partial charge is 0.325 e. The van der Waals surface area contributed by atoms with E-state index in [2.05, 4.69) is 35.2 Å². The van der Waals surface area contributed by atoms with Gasteiger partial charge in [-0.2, -0.15) is 9.67 Å². The number of nitrogens with zero attached hydrogens (tertiary/aromatic N) is 8. The van der Waals surface area contributed by atoms with Gasteiger partial charge in [0.05, 0.1) is 31.7 Å². The number of aromatic nitrogens is 9. The Kier molecular flexibility index (Phi) is 5.59. The number of fused-ring (bicyclic) bond motifs is 5. The maximum atomic E-state index is 12.2. The fourth-order valence-corrected chi connectivity index (χ4v) is 7.24. The second-order valence-corrected chi connectivity index (χ2v) is 13.2. The maximum absolute atomic E-state index is 12.2. The van der Waals surface area contributed by atoms with Crippen molar-refractivity contribution in [3.05, 3.63) is 23.0 Å². The molecule has 22 heteroatoms. The highest BCUT2D eigenvalue weighted by Crippen LogP contribution is 2.58. The third-order valence-corrected chi connectivity index (χ3v) is 9.46. The van der Waals surface area contributed by atoms with Crippen LogP contribution in [0.2, 0.25) is 0 Å². The van der Waals surface area contributed by atoms with Crippen molar-refractivity contribution in [1.82, 2.24) is 44.5 Å². The first-order chi connectivity index (χ1) is 20.1. The predicted molar refractivity (Wildman–Crippen MR) is 139 cm³/mol. The number of nitrogens with one attached hydrogen (secondary N) is 1. The third kappa shape index (κ3) is 3.76. The fraction of sp³-hybridized carbons (Fsp3) is 0.550. The van der Waals surface area contributed by atoms with E-state index in [9.17, 15) is 19.9 Å². The Morgan fingerprint density at radius 3 is 2.86 bits per heavy atom. The van der Waals surface area contributed by atoms with Gasteiger partial charge in [0.15, 0.2) is 35.1 Å². The first-order valence-corrected chi connectivity index (χ1v) is 15.2. The molecule has 0 amide bonds. The summed E-state index contributed by atoms with van der Waals surface area (Å²) in [6.07, 6.45) is -3.73. The molecule has 3 aliphatic heterocycles. The number of anilines is 2. The van der Waals surface area contributed by atoms with E-state index in [0.717, 1.165) is 0 Å². The van der Waals surface area contributed by atoms with Crippen LogP contribution in [0, 0.1) is 5.92 Å². The quantitative estimate of drug-likeness (QED) is 0.112. The number of nitrogen functional groups attached to an aromatic ring is 2. The van der Waals surface area contributed by atoms with Gasteiger partial charge in [-0.15, -0.1) is 5.10 Å². The lowest BCUT2D eigenvalue weighted by molar-refractivity contribution is -0.183. The van der Waals surface area contributed by atoms with Crippen molar-refractivity contribution in [2.24, 2.45) is 5.92 Å². The van der Waals surface area contributed by atoms with E-state index >= 15 is 0 Å². The minimum Gasteiger partial charge on any atom is -0.390 e. The molecule has 0 aromatic carbocycles. The van der Waals surface area contributed by atoms with E-state index in [4.69, 9.17) is 46.5 Å². The molecule has 4 fully saturated rings. The van der Waals surface area contributed by atoms with E-state index in [0.29, 0.717) is 11.2 Å². The van der Waals surface area contributed by atoms with Gasteiger partial charge in [0.1, 0.15) is 35.8 Å². The summed E-state index contributed by atoms with van der Waals surface area (Å²) < 4.78 is 32.2. The molecule has 4 aliphatic rings. The summed E-state index contributed by atoms with van der Waals surface area (Å²) in [6, 6.07) is 0. The molecule has 8 rings (SSSR count). The average molecular weight is 624 g/mol. The fourth-order valence-electron chi connectivity index (χ4n) is 5.79. The lowest BCUT2D eigenvalue weighted by atomic mass is 10.0. The normalized spacial score (nSPS) is 36.5. The summed E-state index contributed by atoms with van der Waals surface area (Å²) in [6.45, 7) is -4.53. The third-order valence-electron chi connectivity index (χ3n) is 7.92. The molecule has 3 unspecified atom stereocenters. The number of nitrogens with two attached hydrogens (primary N) is 2. The molecular weight excluding hydrogens is 601 g/mol. The number of ether oxygens (including phenoxy) is 3.